The van der Waals surface area contributed by atoms with Gasteiger partial charge in [0.15, 0.2) is 0 Å². The Hall–Kier alpha value is -4.42. The molecule has 0 unspecified atom stereocenters. The minimum atomic E-state index is -4.61. The third-order valence-corrected chi connectivity index (χ3v) is 8.56. The summed E-state index contributed by atoms with van der Waals surface area (Å²) in [7, 11) is 1.70. The van der Waals surface area contributed by atoms with Crippen LogP contribution in [0.15, 0.2) is 54.9 Å². The SMILES string of the molecule is CCN1CCN(Cc2ccc(C(=O)Nc3ccc(C)c(N4Cc5cnc6[nH]ccc6c5N(C)C4=O)c3)cc2C(F)(F)F)CC1. The van der Waals surface area contributed by atoms with E-state index in [9.17, 15) is 22.8 Å². The average Bonchev–Trinajstić information content (AvgIpc) is 3.49. The molecular formula is C32H34F3N7O2. The Morgan fingerprint density at radius 3 is 2.52 bits per heavy atom. The number of halogens is 3. The van der Waals surface area contributed by atoms with E-state index >= 15 is 0 Å². The Labute approximate surface area is 253 Å². The van der Waals surface area contributed by atoms with Crippen LogP contribution < -0.4 is 15.1 Å². The minimum Gasteiger partial charge on any atom is -0.346 e. The van der Waals surface area contributed by atoms with Gasteiger partial charge in [-0.25, -0.2) is 9.78 Å². The van der Waals surface area contributed by atoms with E-state index in [1.807, 2.05) is 17.9 Å². The summed E-state index contributed by atoms with van der Waals surface area (Å²) in [6, 6.07) is 10.5. The molecule has 1 saturated heterocycles. The number of alkyl halides is 3. The molecule has 0 radical (unpaired) electrons. The number of aryl methyl sites for hydroxylation is 1. The molecule has 4 heterocycles. The van der Waals surface area contributed by atoms with E-state index in [1.54, 1.807) is 47.4 Å². The number of hydrogen-bond acceptors (Lipinski definition) is 5. The zero-order chi connectivity index (χ0) is 31.2. The largest absolute Gasteiger partial charge is 0.416 e. The Balaban J connectivity index is 1.22. The van der Waals surface area contributed by atoms with Gasteiger partial charge in [0, 0.05) is 74.4 Å². The molecule has 3 amide bonds. The number of benzene rings is 2. The first kappa shape index (κ1) is 29.6. The number of hydrogen-bond donors (Lipinski definition) is 2. The van der Waals surface area contributed by atoms with Gasteiger partial charge in [-0.05, 0) is 54.9 Å². The van der Waals surface area contributed by atoms with Crippen molar-refractivity contribution in [2.45, 2.75) is 33.1 Å². The molecule has 230 valence electrons. The lowest BCUT2D eigenvalue weighted by Crippen LogP contribution is -2.45. The highest BCUT2D eigenvalue weighted by molar-refractivity contribution is 6.11. The Kier molecular flexibility index (Phi) is 7.80. The molecule has 12 heteroatoms. The normalized spacial score (nSPS) is 16.5. The number of pyridine rings is 1. The monoisotopic (exact) mass is 605 g/mol. The number of likely N-dealkylation sites (N-methyl/N-ethyl adjacent to an activating group) is 1. The van der Waals surface area contributed by atoms with Gasteiger partial charge in [-0.15, -0.1) is 0 Å². The summed E-state index contributed by atoms with van der Waals surface area (Å²) in [5.74, 6) is -0.667. The van der Waals surface area contributed by atoms with Crippen molar-refractivity contribution in [2.75, 3.05) is 54.9 Å². The van der Waals surface area contributed by atoms with Gasteiger partial charge in [0.05, 0.1) is 23.5 Å². The molecule has 6 rings (SSSR count). The summed E-state index contributed by atoms with van der Waals surface area (Å²) in [5.41, 5.74) is 3.32. The molecule has 0 atom stereocenters. The summed E-state index contributed by atoms with van der Waals surface area (Å²) in [5, 5.41) is 3.58. The molecule has 0 spiro atoms. The van der Waals surface area contributed by atoms with E-state index in [2.05, 4.69) is 27.1 Å². The fourth-order valence-corrected chi connectivity index (χ4v) is 6.06. The van der Waals surface area contributed by atoms with Gasteiger partial charge in [0.1, 0.15) is 5.65 Å². The van der Waals surface area contributed by atoms with Gasteiger partial charge < -0.3 is 15.2 Å². The van der Waals surface area contributed by atoms with Crippen molar-refractivity contribution in [1.29, 1.82) is 0 Å². The lowest BCUT2D eigenvalue weighted by molar-refractivity contribution is -0.138. The van der Waals surface area contributed by atoms with Gasteiger partial charge in [-0.2, -0.15) is 13.2 Å². The van der Waals surface area contributed by atoms with Crippen LogP contribution in [-0.4, -0.2) is 71.5 Å². The molecule has 2 aromatic carbocycles. The highest BCUT2D eigenvalue weighted by atomic mass is 19.4. The predicted octanol–water partition coefficient (Wildman–Crippen LogP) is 5.86. The Morgan fingerprint density at radius 2 is 1.80 bits per heavy atom. The molecule has 0 aliphatic carbocycles. The molecule has 2 N–H and O–H groups in total. The van der Waals surface area contributed by atoms with Crippen molar-refractivity contribution in [3.8, 4) is 0 Å². The second-order valence-electron chi connectivity index (χ2n) is 11.3. The number of piperazine rings is 1. The lowest BCUT2D eigenvalue weighted by Gasteiger charge is -2.36. The molecule has 44 heavy (non-hydrogen) atoms. The number of urea groups is 1. The van der Waals surface area contributed by atoms with E-state index in [0.29, 0.717) is 30.1 Å². The van der Waals surface area contributed by atoms with Gasteiger partial charge in [0.2, 0.25) is 0 Å². The van der Waals surface area contributed by atoms with E-state index in [4.69, 9.17) is 0 Å². The Morgan fingerprint density at radius 1 is 1.05 bits per heavy atom. The van der Waals surface area contributed by atoms with Crippen LogP contribution >= 0.6 is 0 Å². The number of fused-ring (bicyclic) bond motifs is 3. The Bertz CT molecular complexity index is 1730. The molecule has 2 aliphatic rings. The number of aromatic nitrogens is 2. The standard InChI is InChI=1S/C32H34F3N7O2/c1-4-40-11-13-41(14-12-40)18-22-7-6-21(15-26(22)32(33,34)35)30(43)38-24-8-5-20(2)27(16-24)42-19-23-17-37-29-25(9-10-36-29)28(23)39(3)31(42)44/h5-10,15-17H,4,11-14,18-19H2,1-3H3,(H,36,37)(H,38,43). The second-order valence-corrected chi connectivity index (χ2v) is 11.3. The summed E-state index contributed by atoms with van der Waals surface area (Å²) >= 11 is 0. The van der Waals surface area contributed by atoms with E-state index < -0.39 is 17.6 Å². The second kappa shape index (κ2) is 11.6. The highest BCUT2D eigenvalue weighted by Crippen LogP contribution is 2.38. The van der Waals surface area contributed by atoms with Crippen molar-refractivity contribution in [3.63, 3.8) is 0 Å². The van der Waals surface area contributed by atoms with Gasteiger partial charge in [0.25, 0.3) is 5.91 Å². The number of nitrogens with zero attached hydrogens (tertiary/aromatic N) is 5. The molecule has 2 aromatic heterocycles. The highest BCUT2D eigenvalue weighted by Gasteiger charge is 2.35. The number of rotatable bonds is 6. The molecule has 9 nitrogen and oxygen atoms in total. The topological polar surface area (TPSA) is 87.8 Å². The van der Waals surface area contributed by atoms with E-state index in [1.165, 1.54) is 12.1 Å². The zero-order valence-electron chi connectivity index (χ0n) is 24.8. The van der Waals surface area contributed by atoms with Crippen LogP contribution in [-0.2, 0) is 19.3 Å². The quantitative estimate of drug-likeness (QED) is 0.288. The fourth-order valence-electron chi connectivity index (χ4n) is 6.06. The lowest BCUT2D eigenvalue weighted by atomic mass is 10.0. The van der Waals surface area contributed by atoms with Gasteiger partial charge >= 0.3 is 12.2 Å². The van der Waals surface area contributed by atoms with Crippen molar-refractivity contribution >= 4 is 40.0 Å². The predicted molar refractivity (Wildman–Crippen MR) is 164 cm³/mol. The third-order valence-electron chi connectivity index (χ3n) is 8.56. The van der Waals surface area contributed by atoms with Crippen molar-refractivity contribution < 1.29 is 22.8 Å². The summed E-state index contributed by atoms with van der Waals surface area (Å²) in [6.07, 6.45) is -1.09. The summed E-state index contributed by atoms with van der Waals surface area (Å²) in [6.45, 7) is 8.30. The van der Waals surface area contributed by atoms with Crippen molar-refractivity contribution in [2.24, 2.45) is 0 Å². The molecular weight excluding hydrogens is 571 g/mol. The summed E-state index contributed by atoms with van der Waals surface area (Å²) < 4.78 is 42.4. The van der Waals surface area contributed by atoms with Crippen LogP contribution in [0.2, 0.25) is 0 Å². The first-order valence-electron chi connectivity index (χ1n) is 14.6. The van der Waals surface area contributed by atoms with Crippen LogP contribution in [0, 0.1) is 6.92 Å². The molecule has 4 aromatic rings. The number of anilines is 3. The number of carbonyl (C=O) groups excluding carboxylic acids is 2. The van der Waals surface area contributed by atoms with Crippen LogP contribution in [0.5, 0.6) is 0 Å². The first-order chi connectivity index (χ1) is 21.0. The maximum Gasteiger partial charge on any atom is 0.416 e. The number of aromatic amines is 1. The van der Waals surface area contributed by atoms with Crippen LogP contribution in [0.1, 0.15) is 39.5 Å². The maximum absolute atomic E-state index is 14.1. The average molecular weight is 606 g/mol. The molecule has 0 bridgehead atoms. The van der Waals surface area contributed by atoms with Gasteiger partial charge in [-0.3, -0.25) is 19.5 Å². The van der Waals surface area contributed by atoms with E-state index in [0.717, 1.165) is 47.9 Å². The van der Waals surface area contributed by atoms with Crippen LogP contribution in [0.25, 0.3) is 11.0 Å². The third kappa shape index (κ3) is 5.62. The van der Waals surface area contributed by atoms with Crippen LogP contribution in [0.4, 0.5) is 35.0 Å². The fraction of sp³-hybridized carbons (Fsp3) is 0.344. The number of nitrogens with one attached hydrogen (secondary N) is 2. The number of H-pyrrole nitrogens is 1. The number of amides is 3. The minimum absolute atomic E-state index is 0.0942. The summed E-state index contributed by atoms with van der Waals surface area (Å²) in [4.78, 5) is 41.7. The molecule has 1 fully saturated rings. The zero-order valence-corrected chi connectivity index (χ0v) is 24.8. The molecule has 2 aliphatic heterocycles. The molecule has 0 saturated carbocycles. The smallest absolute Gasteiger partial charge is 0.346 e. The van der Waals surface area contributed by atoms with E-state index in [-0.39, 0.29) is 30.2 Å². The van der Waals surface area contributed by atoms with Crippen molar-refractivity contribution in [3.05, 3.63) is 82.7 Å². The number of carbonyl (C=O) groups is 2. The maximum atomic E-state index is 14.1. The van der Waals surface area contributed by atoms with Gasteiger partial charge in [-0.1, -0.05) is 19.1 Å². The van der Waals surface area contributed by atoms with Crippen molar-refractivity contribution in [1.82, 2.24) is 19.8 Å². The van der Waals surface area contributed by atoms with Crippen LogP contribution in [0.3, 0.4) is 0 Å². The first-order valence-corrected chi connectivity index (χ1v) is 14.6.